The Bertz CT molecular complexity index is 1200. The van der Waals surface area contributed by atoms with Crippen LogP contribution in [0.1, 0.15) is 29.1 Å². The lowest BCUT2D eigenvalue weighted by Gasteiger charge is -2.34. The Morgan fingerprint density at radius 1 is 1.22 bits per heavy atom. The number of aromatic amines is 1. The number of hydrogen-bond acceptors (Lipinski definition) is 6. The molecule has 2 aliphatic rings. The summed E-state index contributed by atoms with van der Waals surface area (Å²) in [5.41, 5.74) is 1.92. The Kier molecular flexibility index (Phi) is 5.84. The summed E-state index contributed by atoms with van der Waals surface area (Å²) in [6.45, 7) is 3.28. The molecule has 1 fully saturated rings. The first-order valence-corrected chi connectivity index (χ1v) is 11.9. The summed E-state index contributed by atoms with van der Waals surface area (Å²) in [6, 6.07) is 7.22. The molecule has 8 nitrogen and oxygen atoms in total. The minimum Gasteiger partial charge on any atom is -0.497 e. The first-order chi connectivity index (χ1) is 15.6. The molecule has 1 aliphatic heterocycles. The van der Waals surface area contributed by atoms with Gasteiger partial charge in [0.05, 0.1) is 19.0 Å². The third-order valence-electron chi connectivity index (χ3n) is 6.23. The molecule has 2 aromatic heterocycles. The van der Waals surface area contributed by atoms with Crippen LogP contribution in [0.15, 0.2) is 29.1 Å². The van der Waals surface area contributed by atoms with Gasteiger partial charge in [0.25, 0.3) is 5.56 Å². The zero-order chi connectivity index (χ0) is 22.1. The van der Waals surface area contributed by atoms with Crippen molar-refractivity contribution in [3.63, 3.8) is 0 Å². The van der Waals surface area contributed by atoms with Crippen molar-refractivity contribution in [1.82, 2.24) is 19.8 Å². The van der Waals surface area contributed by atoms with Gasteiger partial charge >= 0.3 is 6.03 Å². The van der Waals surface area contributed by atoms with E-state index in [1.807, 2.05) is 23.1 Å². The second-order valence-electron chi connectivity index (χ2n) is 8.33. The van der Waals surface area contributed by atoms with Crippen LogP contribution in [-0.4, -0.2) is 59.1 Å². The number of thiophene rings is 1. The number of H-pyrrole nitrogens is 1. The molecule has 1 aliphatic carbocycles. The van der Waals surface area contributed by atoms with Gasteiger partial charge in [-0.3, -0.25) is 9.69 Å². The highest BCUT2D eigenvalue weighted by Crippen LogP contribution is 2.33. The molecule has 168 valence electrons. The highest BCUT2D eigenvalue weighted by atomic mass is 32.1. The Labute approximate surface area is 190 Å². The lowest BCUT2D eigenvalue weighted by Crippen LogP contribution is -2.49. The van der Waals surface area contributed by atoms with Crippen molar-refractivity contribution in [1.29, 1.82) is 0 Å². The molecule has 0 radical (unpaired) electrons. The van der Waals surface area contributed by atoms with Crippen molar-refractivity contribution in [2.24, 2.45) is 0 Å². The summed E-state index contributed by atoms with van der Waals surface area (Å²) in [5, 5.41) is 3.73. The average Bonchev–Trinajstić information content (AvgIpc) is 3.18. The second kappa shape index (κ2) is 8.91. The number of nitrogens with one attached hydrogen (secondary N) is 2. The van der Waals surface area contributed by atoms with E-state index in [1.54, 1.807) is 24.5 Å². The van der Waals surface area contributed by atoms with E-state index in [9.17, 15) is 9.59 Å². The molecular formula is C23H27N5O3S. The number of aryl methyl sites for hydroxylation is 2. The van der Waals surface area contributed by atoms with E-state index >= 15 is 0 Å². The van der Waals surface area contributed by atoms with E-state index < -0.39 is 0 Å². The summed E-state index contributed by atoms with van der Waals surface area (Å²) in [5.74, 6) is 1.41. The van der Waals surface area contributed by atoms with Crippen LogP contribution >= 0.6 is 11.3 Å². The smallest absolute Gasteiger partial charge is 0.321 e. The first-order valence-electron chi connectivity index (χ1n) is 11.1. The van der Waals surface area contributed by atoms with Crippen LogP contribution < -0.4 is 15.6 Å². The Balaban J connectivity index is 1.21. The van der Waals surface area contributed by atoms with Gasteiger partial charge in [-0.2, -0.15) is 0 Å². The number of methoxy groups -OCH3 is 1. The molecule has 2 amide bonds. The molecule has 9 heteroatoms. The number of rotatable bonds is 4. The minimum absolute atomic E-state index is 0.0132. The maximum Gasteiger partial charge on any atom is 0.321 e. The SMILES string of the molecule is COc1cccc(NC(=O)N2CCN(Cc3nc4sc5c(c4c(=O)[nH]3)CCCC5)CC2)c1. The van der Waals surface area contributed by atoms with E-state index in [-0.39, 0.29) is 11.6 Å². The number of nitrogens with zero attached hydrogens (tertiary/aromatic N) is 3. The van der Waals surface area contributed by atoms with Crippen molar-refractivity contribution >= 4 is 33.3 Å². The van der Waals surface area contributed by atoms with E-state index in [0.29, 0.717) is 36.9 Å². The van der Waals surface area contributed by atoms with Gasteiger partial charge < -0.3 is 19.9 Å². The molecule has 0 spiro atoms. The van der Waals surface area contributed by atoms with Crippen molar-refractivity contribution < 1.29 is 9.53 Å². The molecule has 3 aromatic rings. The molecule has 0 bridgehead atoms. The standard InChI is InChI=1S/C23H27N5O3S/c1-31-16-6-4-5-15(13-16)24-23(30)28-11-9-27(10-12-28)14-19-25-21(29)20-17-7-2-3-8-18(17)32-22(20)26-19/h4-6,13H,2-3,7-12,14H2,1H3,(H,24,30)(H,25,26,29). The number of hydrogen-bond donors (Lipinski definition) is 2. The molecule has 3 heterocycles. The van der Waals surface area contributed by atoms with Gasteiger partial charge in [0.2, 0.25) is 0 Å². The fraction of sp³-hybridized carbons (Fsp3) is 0.435. The predicted octanol–water partition coefficient (Wildman–Crippen LogP) is 3.22. The number of carbonyl (C=O) groups is 1. The molecule has 1 aromatic carbocycles. The number of aromatic nitrogens is 2. The Morgan fingerprint density at radius 2 is 2.03 bits per heavy atom. The van der Waals surface area contributed by atoms with E-state index in [0.717, 1.165) is 42.6 Å². The van der Waals surface area contributed by atoms with Crippen molar-refractivity contribution in [3.05, 3.63) is 50.9 Å². The molecule has 1 saturated heterocycles. The van der Waals surface area contributed by atoms with E-state index in [4.69, 9.17) is 9.72 Å². The monoisotopic (exact) mass is 453 g/mol. The number of carbonyl (C=O) groups excluding carboxylic acids is 1. The van der Waals surface area contributed by atoms with Crippen molar-refractivity contribution in [3.8, 4) is 5.75 Å². The maximum atomic E-state index is 12.8. The summed E-state index contributed by atoms with van der Waals surface area (Å²) in [6.07, 6.45) is 4.39. The fourth-order valence-corrected chi connectivity index (χ4v) is 5.79. The largest absolute Gasteiger partial charge is 0.497 e. The molecule has 0 unspecified atom stereocenters. The molecule has 0 atom stereocenters. The number of fused-ring (bicyclic) bond motifs is 3. The van der Waals surface area contributed by atoms with Crippen LogP contribution in [-0.2, 0) is 19.4 Å². The van der Waals surface area contributed by atoms with Crippen molar-refractivity contribution in [2.75, 3.05) is 38.6 Å². The number of piperazine rings is 1. The highest BCUT2D eigenvalue weighted by Gasteiger charge is 2.23. The van der Waals surface area contributed by atoms with Crippen molar-refractivity contribution in [2.45, 2.75) is 32.2 Å². The van der Waals surface area contributed by atoms with E-state index in [2.05, 4.69) is 15.2 Å². The zero-order valence-corrected chi connectivity index (χ0v) is 19.0. The Hall–Kier alpha value is -2.91. The van der Waals surface area contributed by atoms with Crippen LogP contribution in [0.4, 0.5) is 10.5 Å². The van der Waals surface area contributed by atoms with Gasteiger partial charge in [-0.05, 0) is 43.4 Å². The van der Waals surface area contributed by atoms with Gasteiger partial charge in [0, 0.05) is 42.8 Å². The van der Waals surface area contributed by atoms with Gasteiger partial charge in [0.15, 0.2) is 0 Å². The van der Waals surface area contributed by atoms with E-state index in [1.165, 1.54) is 16.9 Å². The molecule has 2 N–H and O–H groups in total. The normalized spacial score (nSPS) is 16.7. The lowest BCUT2D eigenvalue weighted by molar-refractivity contribution is 0.141. The van der Waals surface area contributed by atoms with Gasteiger partial charge in [-0.1, -0.05) is 6.07 Å². The third-order valence-corrected chi connectivity index (χ3v) is 7.41. The highest BCUT2D eigenvalue weighted by molar-refractivity contribution is 7.18. The lowest BCUT2D eigenvalue weighted by atomic mass is 9.97. The topological polar surface area (TPSA) is 90.6 Å². The van der Waals surface area contributed by atoms with Crippen LogP contribution in [0.2, 0.25) is 0 Å². The van der Waals surface area contributed by atoms with Crippen LogP contribution in [0.5, 0.6) is 5.75 Å². The molecule has 5 rings (SSSR count). The van der Waals surface area contributed by atoms with Crippen LogP contribution in [0, 0.1) is 0 Å². The summed E-state index contributed by atoms with van der Waals surface area (Å²) >= 11 is 1.68. The van der Waals surface area contributed by atoms with Crippen LogP contribution in [0.3, 0.4) is 0 Å². The second-order valence-corrected chi connectivity index (χ2v) is 9.41. The number of amides is 2. The number of ether oxygens (including phenoxy) is 1. The predicted molar refractivity (Wildman–Crippen MR) is 126 cm³/mol. The van der Waals surface area contributed by atoms with Gasteiger partial charge in [0.1, 0.15) is 16.4 Å². The maximum absolute atomic E-state index is 12.8. The zero-order valence-electron chi connectivity index (χ0n) is 18.1. The quantitative estimate of drug-likeness (QED) is 0.633. The van der Waals surface area contributed by atoms with Crippen LogP contribution in [0.25, 0.3) is 10.2 Å². The third kappa shape index (κ3) is 4.22. The first kappa shape index (κ1) is 21.0. The summed E-state index contributed by atoms with van der Waals surface area (Å²) in [7, 11) is 1.60. The fourth-order valence-electron chi connectivity index (χ4n) is 4.51. The van der Waals surface area contributed by atoms with Gasteiger partial charge in [-0.25, -0.2) is 9.78 Å². The number of anilines is 1. The molecule has 0 saturated carbocycles. The molecule has 32 heavy (non-hydrogen) atoms. The Morgan fingerprint density at radius 3 is 2.84 bits per heavy atom. The van der Waals surface area contributed by atoms with Gasteiger partial charge in [-0.15, -0.1) is 11.3 Å². The summed E-state index contributed by atoms with van der Waals surface area (Å²) in [4.78, 5) is 39.4. The molecular weight excluding hydrogens is 426 g/mol. The number of benzene rings is 1. The minimum atomic E-state index is -0.116. The number of urea groups is 1. The summed E-state index contributed by atoms with van der Waals surface area (Å²) < 4.78 is 5.21. The average molecular weight is 454 g/mol.